The van der Waals surface area contributed by atoms with Crippen LogP contribution in [-0.2, 0) is 11.8 Å². The molecule has 7 heteroatoms. The van der Waals surface area contributed by atoms with Gasteiger partial charge in [-0.25, -0.2) is 0 Å². The predicted molar refractivity (Wildman–Crippen MR) is 104 cm³/mol. The molecular formula is C20H20N4O2S. The lowest BCUT2D eigenvalue weighted by atomic mass is 10.3. The van der Waals surface area contributed by atoms with Crippen LogP contribution in [-0.4, -0.2) is 20.7 Å². The lowest BCUT2D eigenvalue weighted by molar-refractivity contribution is -0.111. The second kappa shape index (κ2) is 7.44. The number of benzene rings is 1. The number of carbonyl (C=O) groups is 1. The largest absolute Gasteiger partial charge is 0.461 e. The van der Waals surface area contributed by atoms with Gasteiger partial charge in [-0.3, -0.25) is 4.79 Å². The Morgan fingerprint density at radius 1 is 1.30 bits per heavy atom. The molecule has 0 bridgehead atoms. The first-order valence-corrected chi connectivity index (χ1v) is 9.61. The first-order chi connectivity index (χ1) is 13.1. The first-order valence-electron chi connectivity index (χ1n) is 8.79. The summed E-state index contributed by atoms with van der Waals surface area (Å²) in [4.78, 5) is 13.1. The summed E-state index contributed by atoms with van der Waals surface area (Å²) in [7, 11) is 1.90. The van der Waals surface area contributed by atoms with E-state index in [9.17, 15) is 4.79 Å². The van der Waals surface area contributed by atoms with E-state index in [4.69, 9.17) is 4.42 Å². The van der Waals surface area contributed by atoms with Gasteiger partial charge >= 0.3 is 0 Å². The van der Waals surface area contributed by atoms with Crippen LogP contribution in [0.2, 0.25) is 0 Å². The van der Waals surface area contributed by atoms with Gasteiger partial charge in [-0.2, -0.15) is 0 Å². The molecule has 0 aliphatic heterocycles. The molecule has 0 radical (unpaired) electrons. The molecule has 2 unspecified atom stereocenters. The number of furan rings is 1. The molecule has 3 aromatic rings. The lowest BCUT2D eigenvalue weighted by Crippen LogP contribution is -2.07. The Hall–Kier alpha value is -2.80. The zero-order chi connectivity index (χ0) is 18.8. The molecule has 138 valence electrons. The van der Waals surface area contributed by atoms with Gasteiger partial charge in [-0.1, -0.05) is 6.92 Å². The van der Waals surface area contributed by atoms with E-state index in [1.807, 2.05) is 48.0 Å². The van der Waals surface area contributed by atoms with Gasteiger partial charge in [-0.15, -0.1) is 10.2 Å². The van der Waals surface area contributed by atoms with Gasteiger partial charge < -0.3 is 14.3 Å². The predicted octanol–water partition coefficient (Wildman–Crippen LogP) is 4.33. The molecule has 0 spiro atoms. The minimum Gasteiger partial charge on any atom is -0.461 e. The summed E-state index contributed by atoms with van der Waals surface area (Å²) in [5.41, 5.74) is 0.735. The van der Waals surface area contributed by atoms with Crippen molar-refractivity contribution in [3.8, 4) is 0 Å². The molecule has 27 heavy (non-hydrogen) atoms. The zero-order valence-electron chi connectivity index (χ0n) is 15.1. The number of carbonyl (C=O) groups excluding carboxylic acids is 1. The van der Waals surface area contributed by atoms with Gasteiger partial charge in [0.2, 0.25) is 5.91 Å². The van der Waals surface area contributed by atoms with Crippen LogP contribution in [0, 0.1) is 5.92 Å². The Morgan fingerprint density at radius 2 is 2.07 bits per heavy atom. The van der Waals surface area contributed by atoms with E-state index in [0.29, 0.717) is 17.6 Å². The van der Waals surface area contributed by atoms with Gasteiger partial charge in [-0.05, 0) is 66.6 Å². The maximum atomic E-state index is 12.1. The number of anilines is 1. The molecule has 1 aromatic carbocycles. The molecule has 1 saturated carbocycles. The molecule has 1 aliphatic carbocycles. The average Bonchev–Trinajstić information content (AvgIpc) is 3.04. The Kier molecular flexibility index (Phi) is 4.85. The monoisotopic (exact) mass is 380 g/mol. The van der Waals surface area contributed by atoms with Crippen molar-refractivity contribution in [1.29, 1.82) is 0 Å². The number of nitrogens with zero attached hydrogens (tertiary/aromatic N) is 3. The van der Waals surface area contributed by atoms with Crippen LogP contribution in [0.5, 0.6) is 0 Å². The number of hydrogen-bond acceptors (Lipinski definition) is 5. The molecule has 6 nitrogen and oxygen atoms in total. The highest BCUT2D eigenvalue weighted by molar-refractivity contribution is 7.99. The second-order valence-corrected chi connectivity index (χ2v) is 7.77. The van der Waals surface area contributed by atoms with Crippen molar-refractivity contribution >= 4 is 29.4 Å². The summed E-state index contributed by atoms with van der Waals surface area (Å²) in [6, 6.07) is 11.5. The van der Waals surface area contributed by atoms with Gasteiger partial charge in [0, 0.05) is 29.6 Å². The van der Waals surface area contributed by atoms with Crippen molar-refractivity contribution in [2.45, 2.75) is 29.3 Å². The van der Waals surface area contributed by atoms with Crippen LogP contribution in [0.25, 0.3) is 6.08 Å². The van der Waals surface area contributed by atoms with Crippen LogP contribution in [0.1, 0.15) is 30.8 Å². The Morgan fingerprint density at radius 3 is 2.74 bits per heavy atom. The molecule has 2 aromatic heterocycles. The number of amides is 1. The normalized spacial score (nSPS) is 18.7. The van der Waals surface area contributed by atoms with E-state index in [1.165, 1.54) is 24.3 Å². The smallest absolute Gasteiger partial charge is 0.248 e. The van der Waals surface area contributed by atoms with Gasteiger partial charge in [0.25, 0.3) is 0 Å². The molecule has 1 N–H and O–H groups in total. The van der Waals surface area contributed by atoms with Crippen LogP contribution < -0.4 is 5.32 Å². The molecule has 1 fully saturated rings. The summed E-state index contributed by atoms with van der Waals surface area (Å²) in [5, 5.41) is 11.6. The molecule has 1 aliphatic rings. The highest BCUT2D eigenvalue weighted by atomic mass is 32.2. The highest BCUT2D eigenvalue weighted by Gasteiger charge is 2.36. The maximum Gasteiger partial charge on any atom is 0.248 e. The number of aryl methyl sites for hydroxylation is 1. The zero-order valence-corrected chi connectivity index (χ0v) is 15.9. The van der Waals surface area contributed by atoms with Crippen LogP contribution in [0.15, 0.2) is 63.3 Å². The van der Waals surface area contributed by atoms with E-state index in [1.54, 1.807) is 12.4 Å². The maximum absolute atomic E-state index is 12.1. The van der Waals surface area contributed by atoms with Crippen molar-refractivity contribution in [2.75, 3.05) is 5.32 Å². The van der Waals surface area contributed by atoms with E-state index in [2.05, 4.69) is 22.4 Å². The van der Waals surface area contributed by atoms with Crippen molar-refractivity contribution in [2.24, 2.45) is 13.0 Å². The highest BCUT2D eigenvalue weighted by Crippen LogP contribution is 2.47. The second-order valence-electron chi connectivity index (χ2n) is 6.73. The van der Waals surface area contributed by atoms with Crippen molar-refractivity contribution < 1.29 is 9.21 Å². The fraction of sp³-hybridized carbons (Fsp3) is 0.250. The quantitative estimate of drug-likeness (QED) is 0.644. The summed E-state index contributed by atoms with van der Waals surface area (Å²) in [6.07, 6.45) is 6.03. The number of aromatic nitrogens is 3. The van der Waals surface area contributed by atoms with E-state index in [-0.39, 0.29) is 5.91 Å². The van der Waals surface area contributed by atoms with E-state index in [0.717, 1.165) is 21.5 Å². The number of hydrogen-bond donors (Lipinski definition) is 1. The van der Waals surface area contributed by atoms with Crippen molar-refractivity contribution in [3.63, 3.8) is 0 Å². The molecule has 4 rings (SSSR count). The Labute approximate surface area is 161 Å². The Balaban J connectivity index is 1.32. The fourth-order valence-electron chi connectivity index (χ4n) is 2.79. The van der Waals surface area contributed by atoms with Gasteiger partial charge in [0.05, 0.1) is 0 Å². The minimum absolute atomic E-state index is 0.193. The molecule has 2 atom stereocenters. The third-order valence-corrected chi connectivity index (χ3v) is 5.58. The van der Waals surface area contributed by atoms with Gasteiger partial charge in [0.15, 0.2) is 5.16 Å². The first kappa shape index (κ1) is 17.6. The van der Waals surface area contributed by atoms with E-state index < -0.39 is 0 Å². The van der Waals surface area contributed by atoms with Crippen LogP contribution in [0.4, 0.5) is 5.69 Å². The fourth-order valence-corrected chi connectivity index (χ4v) is 3.56. The summed E-state index contributed by atoms with van der Waals surface area (Å²) in [5.74, 6) is 2.76. The molecule has 2 heterocycles. The summed E-state index contributed by atoms with van der Waals surface area (Å²) >= 11 is 1.52. The van der Waals surface area contributed by atoms with E-state index >= 15 is 0 Å². The molecular weight excluding hydrogens is 360 g/mol. The Bertz CT molecular complexity index is 974. The minimum atomic E-state index is -0.193. The van der Waals surface area contributed by atoms with Crippen molar-refractivity contribution in [1.82, 2.24) is 14.8 Å². The van der Waals surface area contributed by atoms with Gasteiger partial charge in [0.1, 0.15) is 17.8 Å². The topological polar surface area (TPSA) is 73.0 Å². The number of nitrogens with one attached hydrogen (secondary N) is 1. The van der Waals surface area contributed by atoms with Crippen LogP contribution in [0.3, 0.4) is 0 Å². The average molecular weight is 380 g/mol. The SMILES string of the molecule is CC1CC1c1ccc(/C=C/C(=O)Nc2ccc(Sc3nncn3C)cc2)o1. The van der Waals surface area contributed by atoms with Crippen LogP contribution >= 0.6 is 11.8 Å². The lowest BCUT2D eigenvalue weighted by Gasteiger charge is -2.04. The standard InChI is InChI=1S/C20H20N4O2S/c1-13-11-17(13)18-9-5-15(26-18)6-10-19(25)22-14-3-7-16(8-4-14)27-20-23-21-12-24(20)2/h3-10,12-13,17H,11H2,1-2H3,(H,22,25)/b10-6+. The molecule has 1 amide bonds. The summed E-state index contributed by atoms with van der Waals surface area (Å²) in [6.45, 7) is 2.22. The molecule has 0 saturated heterocycles. The summed E-state index contributed by atoms with van der Waals surface area (Å²) < 4.78 is 7.63. The van der Waals surface area contributed by atoms with Crippen molar-refractivity contribution in [3.05, 3.63) is 60.3 Å². The third kappa shape index (κ3) is 4.31. The third-order valence-electron chi connectivity index (χ3n) is 4.52. The number of rotatable bonds is 6.